The molecule has 0 aromatic heterocycles. The fraction of sp³-hybridized carbons (Fsp3) is 0.647. The molecule has 0 saturated heterocycles. The molecule has 1 aromatic rings. The van der Waals surface area contributed by atoms with Gasteiger partial charge in [-0.1, -0.05) is 38.3 Å². The largest absolute Gasteiger partial charge is 0.321 e. The summed E-state index contributed by atoms with van der Waals surface area (Å²) < 4.78 is 0. The van der Waals surface area contributed by atoms with Gasteiger partial charge in [0, 0.05) is 5.54 Å². The SMILES string of the molecule is CCC1CCCC(N)(c2cc(C)c(C)cc2C)C1. The second-order valence-corrected chi connectivity index (χ2v) is 6.28. The Balaban J connectivity index is 2.37. The first-order valence-electron chi connectivity index (χ1n) is 7.33. The first kappa shape index (κ1) is 13.6. The highest BCUT2D eigenvalue weighted by Gasteiger charge is 2.34. The van der Waals surface area contributed by atoms with E-state index in [1.54, 1.807) is 0 Å². The molecule has 1 aromatic carbocycles. The standard InChI is InChI=1S/C17H27N/c1-5-15-7-6-8-17(18,11-15)16-10-13(3)12(2)9-14(16)4/h9-10,15H,5-8,11,18H2,1-4H3. The highest BCUT2D eigenvalue weighted by Crippen LogP contribution is 2.40. The molecule has 0 amide bonds. The molecule has 100 valence electrons. The van der Waals surface area contributed by atoms with E-state index in [0.29, 0.717) is 0 Å². The van der Waals surface area contributed by atoms with Crippen LogP contribution in [0.1, 0.15) is 61.3 Å². The lowest BCUT2D eigenvalue weighted by molar-refractivity contribution is 0.220. The third-order valence-corrected chi connectivity index (χ3v) is 4.84. The first-order chi connectivity index (χ1) is 8.46. The second kappa shape index (κ2) is 5.05. The topological polar surface area (TPSA) is 26.0 Å². The van der Waals surface area contributed by atoms with Crippen molar-refractivity contribution < 1.29 is 0 Å². The van der Waals surface area contributed by atoms with E-state index in [1.807, 2.05) is 0 Å². The lowest BCUT2D eigenvalue weighted by atomic mass is 9.70. The Labute approximate surface area is 112 Å². The number of aryl methyl sites for hydroxylation is 3. The van der Waals surface area contributed by atoms with Crippen molar-refractivity contribution in [3.05, 3.63) is 34.4 Å². The van der Waals surface area contributed by atoms with Crippen LogP contribution >= 0.6 is 0 Å². The van der Waals surface area contributed by atoms with Crippen molar-refractivity contribution in [1.82, 2.24) is 0 Å². The van der Waals surface area contributed by atoms with Crippen molar-refractivity contribution in [2.75, 3.05) is 0 Å². The van der Waals surface area contributed by atoms with Crippen molar-refractivity contribution >= 4 is 0 Å². The van der Waals surface area contributed by atoms with Gasteiger partial charge in [-0.2, -0.15) is 0 Å². The minimum absolute atomic E-state index is 0.0819. The molecule has 1 fully saturated rings. The van der Waals surface area contributed by atoms with E-state index in [2.05, 4.69) is 39.8 Å². The molecule has 2 N–H and O–H groups in total. The predicted octanol–water partition coefficient (Wildman–Crippen LogP) is 4.37. The minimum atomic E-state index is -0.0819. The molecule has 1 nitrogen and oxygen atoms in total. The van der Waals surface area contributed by atoms with Gasteiger partial charge in [0.05, 0.1) is 0 Å². The van der Waals surface area contributed by atoms with Crippen LogP contribution in [-0.4, -0.2) is 0 Å². The molecule has 2 unspecified atom stereocenters. The van der Waals surface area contributed by atoms with Gasteiger partial charge in [0.25, 0.3) is 0 Å². The third kappa shape index (κ3) is 2.47. The summed E-state index contributed by atoms with van der Waals surface area (Å²) in [5, 5.41) is 0. The fourth-order valence-electron chi connectivity index (χ4n) is 3.52. The second-order valence-electron chi connectivity index (χ2n) is 6.28. The lowest BCUT2D eigenvalue weighted by Crippen LogP contribution is -2.42. The predicted molar refractivity (Wildman–Crippen MR) is 78.8 cm³/mol. The fourth-order valence-corrected chi connectivity index (χ4v) is 3.52. The Morgan fingerprint density at radius 2 is 1.83 bits per heavy atom. The Morgan fingerprint density at radius 1 is 1.17 bits per heavy atom. The molecule has 2 rings (SSSR count). The van der Waals surface area contributed by atoms with Gasteiger partial charge in [0.1, 0.15) is 0 Å². The quantitative estimate of drug-likeness (QED) is 0.823. The number of benzene rings is 1. The summed E-state index contributed by atoms with van der Waals surface area (Å²) >= 11 is 0. The average Bonchev–Trinajstić information content (AvgIpc) is 2.33. The van der Waals surface area contributed by atoms with E-state index >= 15 is 0 Å². The highest BCUT2D eigenvalue weighted by atomic mass is 14.8. The smallest absolute Gasteiger partial charge is 0.0415 e. The van der Waals surface area contributed by atoms with E-state index < -0.39 is 0 Å². The zero-order chi connectivity index (χ0) is 13.3. The summed E-state index contributed by atoms with van der Waals surface area (Å²) in [6.07, 6.45) is 6.21. The van der Waals surface area contributed by atoms with Gasteiger partial charge in [-0.3, -0.25) is 0 Å². The molecule has 0 spiro atoms. The summed E-state index contributed by atoms with van der Waals surface area (Å²) in [4.78, 5) is 0. The van der Waals surface area contributed by atoms with Gasteiger partial charge >= 0.3 is 0 Å². The van der Waals surface area contributed by atoms with Crippen LogP contribution in [0.25, 0.3) is 0 Å². The van der Waals surface area contributed by atoms with Gasteiger partial charge in [-0.15, -0.1) is 0 Å². The van der Waals surface area contributed by atoms with Crippen LogP contribution in [0.2, 0.25) is 0 Å². The molecule has 18 heavy (non-hydrogen) atoms. The molecule has 1 aliphatic carbocycles. The summed E-state index contributed by atoms with van der Waals surface area (Å²) in [7, 11) is 0. The Hall–Kier alpha value is -0.820. The molecule has 1 aliphatic rings. The van der Waals surface area contributed by atoms with Crippen LogP contribution < -0.4 is 5.73 Å². The lowest BCUT2D eigenvalue weighted by Gasteiger charge is -2.39. The molecule has 2 atom stereocenters. The Kier molecular flexibility index (Phi) is 3.82. The first-order valence-corrected chi connectivity index (χ1v) is 7.33. The molecule has 0 heterocycles. The van der Waals surface area contributed by atoms with Crippen molar-refractivity contribution in [3.8, 4) is 0 Å². The molecule has 0 radical (unpaired) electrons. The van der Waals surface area contributed by atoms with E-state index in [-0.39, 0.29) is 5.54 Å². The number of hydrogen-bond donors (Lipinski definition) is 1. The summed E-state index contributed by atoms with van der Waals surface area (Å²) in [6, 6.07) is 4.64. The summed E-state index contributed by atoms with van der Waals surface area (Å²) in [6.45, 7) is 8.89. The number of nitrogens with two attached hydrogens (primary N) is 1. The molecular formula is C17H27N. The minimum Gasteiger partial charge on any atom is -0.321 e. The van der Waals surface area contributed by atoms with Gasteiger partial charge in [-0.05, 0) is 61.8 Å². The Bertz CT molecular complexity index is 435. The van der Waals surface area contributed by atoms with Crippen LogP contribution in [0.5, 0.6) is 0 Å². The van der Waals surface area contributed by atoms with Crippen LogP contribution in [0.3, 0.4) is 0 Å². The van der Waals surface area contributed by atoms with Gasteiger partial charge in [0.2, 0.25) is 0 Å². The number of rotatable bonds is 2. The number of hydrogen-bond acceptors (Lipinski definition) is 1. The van der Waals surface area contributed by atoms with Crippen molar-refractivity contribution in [2.24, 2.45) is 11.7 Å². The van der Waals surface area contributed by atoms with Crippen molar-refractivity contribution in [2.45, 2.75) is 65.3 Å². The van der Waals surface area contributed by atoms with Gasteiger partial charge in [0.15, 0.2) is 0 Å². The molecule has 1 heteroatoms. The highest BCUT2D eigenvalue weighted by molar-refractivity contribution is 5.40. The molecule has 1 saturated carbocycles. The van der Waals surface area contributed by atoms with Crippen molar-refractivity contribution in [1.29, 1.82) is 0 Å². The maximum absolute atomic E-state index is 6.77. The normalized spacial score (nSPS) is 28.4. The van der Waals surface area contributed by atoms with E-state index in [9.17, 15) is 0 Å². The van der Waals surface area contributed by atoms with Crippen LogP contribution in [0.15, 0.2) is 12.1 Å². The molecule has 0 bridgehead atoms. The third-order valence-electron chi connectivity index (χ3n) is 4.84. The van der Waals surface area contributed by atoms with Crippen LogP contribution in [0, 0.1) is 26.7 Å². The van der Waals surface area contributed by atoms with Gasteiger partial charge in [-0.25, -0.2) is 0 Å². The molecular weight excluding hydrogens is 218 g/mol. The Morgan fingerprint density at radius 3 is 2.50 bits per heavy atom. The maximum atomic E-state index is 6.77. The van der Waals surface area contributed by atoms with E-state index in [0.717, 1.165) is 18.8 Å². The summed E-state index contributed by atoms with van der Waals surface area (Å²) in [5.41, 5.74) is 12.2. The zero-order valence-corrected chi connectivity index (χ0v) is 12.3. The maximum Gasteiger partial charge on any atom is 0.0415 e. The molecule has 0 aliphatic heterocycles. The summed E-state index contributed by atoms with van der Waals surface area (Å²) in [5.74, 6) is 0.810. The average molecular weight is 245 g/mol. The van der Waals surface area contributed by atoms with E-state index in [4.69, 9.17) is 5.73 Å². The van der Waals surface area contributed by atoms with Crippen molar-refractivity contribution in [3.63, 3.8) is 0 Å². The van der Waals surface area contributed by atoms with Crippen LogP contribution in [-0.2, 0) is 5.54 Å². The van der Waals surface area contributed by atoms with Gasteiger partial charge < -0.3 is 5.73 Å². The van der Waals surface area contributed by atoms with E-state index in [1.165, 1.54) is 41.5 Å². The van der Waals surface area contributed by atoms with Crippen LogP contribution in [0.4, 0.5) is 0 Å². The monoisotopic (exact) mass is 245 g/mol. The zero-order valence-electron chi connectivity index (χ0n) is 12.3.